The van der Waals surface area contributed by atoms with Crippen LogP contribution in [0.2, 0.25) is 0 Å². The monoisotopic (exact) mass is 166 g/mol. The van der Waals surface area contributed by atoms with Gasteiger partial charge in [-0.1, -0.05) is 0 Å². The van der Waals surface area contributed by atoms with Gasteiger partial charge < -0.3 is 10.2 Å². The maximum absolute atomic E-state index is 5.21. The topological polar surface area (TPSA) is 15.3 Å². The van der Waals surface area contributed by atoms with Crippen LogP contribution in [0.5, 0.6) is 0 Å². The molecule has 0 aliphatic carbocycles. The molecule has 1 N–H and O–H groups in total. The lowest BCUT2D eigenvalue weighted by Crippen LogP contribution is -2.25. The van der Waals surface area contributed by atoms with Crippen molar-refractivity contribution in [3.05, 3.63) is 0 Å². The summed E-state index contributed by atoms with van der Waals surface area (Å²) < 4.78 is 0. The van der Waals surface area contributed by atoms with Gasteiger partial charge in [0.05, 0.1) is 0 Å². The van der Waals surface area contributed by atoms with Crippen molar-refractivity contribution in [2.24, 2.45) is 5.92 Å². The zero-order valence-electron chi connectivity index (χ0n) is 7.84. The predicted octanol–water partition coefficient (Wildman–Crippen LogP) is 0.551. The molecule has 1 aliphatic rings. The number of hydrogen-bond acceptors (Lipinski definition) is 2. The third-order valence-corrected chi connectivity index (χ3v) is 2.44. The Morgan fingerprint density at radius 1 is 1.67 bits per heavy atom. The Morgan fingerprint density at radius 3 is 3.17 bits per heavy atom. The molecular formula is C10H18N2. The molecule has 0 spiro atoms. The summed E-state index contributed by atoms with van der Waals surface area (Å²) >= 11 is 0. The van der Waals surface area contributed by atoms with E-state index in [1.54, 1.807) is 0 Å². The molecule has 0 aromatic carbocycles. The molecule has 1 rings (SSSR count). The minimum atomic E-state index is 0.841. The van der Waals surface area contributed by atoms with Crippen molar-refractivity contribution in [3.8, 4) is 12.3 Å². The van der Waals surface area contributed by atoms with Crippen molar-refractivity contribution in [1.82, 2.24) is 10.2 Å². The van der Waals surface area contributed by atoms with Gasteiger partial charge in [-0.15, -0.1) is 12.3 Å². The minimum absolute atomic E-state index is 0.841. The molecule has 1 fully saturated rings. The van der Waals surface area contributed by atoms with Crippen LogP contribution in [0.1, 0.15) is 12.8 Å². The molecule has 2 heteroatoms. The highest BCUT2D eigenvalue weighted by Crippen LogP contribution is 2.14. The predicted molar refractivity (Wildman–Crippen MR) is 51.9 cm³/mol. The van der Waals surface area contributed by atoms with Gasteiger partial charge in [-0.25, -0.2) is 0 Å². The van der Waals surface area contributed by atoms with Crippen molar-refractivity contribution < 1.29 is 0 Å². The molecule has 68 valence electrons. The quantitative estimate of drug-likeness (QED) is 0.614. The highest BCUT2D eigenvalue weighted by Gasteiger charge is 2.20. The van der Waals surface area contributed by atoms with E-state index in [9.17, 15) is 0 Å². The third kappa shape index (κ3) is 2.84. The molecule has 1 atom stereocenters. The number of nitrogens with one attached hydrogen (secondary N) is 1. The molecule has 0 amide bonds. The summed E-state index contributed by atoms with van der Waals surface area (Å²) in [5.41, 5.74) is 0. The van der Waals surface area contributed by atoms with E-state index in [1.165, 1.54) is 19.5 Å². The summed E-state index contributed by atoms with van der Waals surface area (Å²) in [5.74, 6) is 3.52. The zero-order chi connectivity index (χ0) is 8.81. The van der Waals surface area contributed by atoms with Crippen LogP contribution >= 0.6 is 0 Å². The van der Waals surface area contributed by atoms with Crippen LogP contribution in [0.15, 0.2) is 0 Å². The van der Waals surface area contributed by atoms with Crippen molar-refractivity contribution in [3.63, 3.8) is 0 Å². The minimum Gasteiger partial charge on any atom is -0.319 e. The second-order valence-corrected chi connectivity index (χ2v) is 3.47. The van der Waals surface area contributed by atoms with E-state index in [4.69, 9.17) is 6.42 Å². The largest absolute Gasteiger partial charge is 0.319 e. The average Bonchev–Trinajstić information content (AvgIpc) is 2.50. The first-order valence-corrected chi connectivity index (χ1v) is 4.67. The third-order valence-electron chi connectivity index (χ3n) is 2.44. The number of terminal acetylenes is 1. The Bertz CT molecular complexity index is 160. The van der Waals surface area contributed by atoms with Gasteiger partial charge in [-0.05, 0) is 32.5 Å². The van der Waals surface area contributed by atoms with Gasteiger partial charge in [0, 0.05) is 19.5 Å². The van der Waals surface area contributed by atoms with E-state index in [-0.39, 0.29) is 0 Å². The number of hydrogen-bond donors (Lipinski definition) is 1. The fourth-order valence-corrected chi connectivity index (χ4v) is 1.79. The molecule has 0 aromatic heterocycles. The Kier molecular flexibility index (Phi) is 4.13. The molecular weight excluding hydrogens is 148 g/mol. The lowest BCUT2D eigenvalue weighted by Gasteiger charge is -2.13. The van der Waals surface area contributed by atoms with Crippen LogP contribution in [0, 0.1) is 18.3 Å². The number of likely N-dealkylation sites (tertiary alicyclic amines) is 1. The molecule has 1 saturated heterocycles. The Hall–Kier alpha value is -0.520. The summed E-state index contributed by atoms with van der Waals surface area (Å²) in [5, 5.41) is 3.22. The normalized spacial score (nSPS) is 24.2. The van der Waals surface area contributed by atoms with E-state index in [1.807, 2.05) is 7.05 Å². The van der Waals surface area contributed by atoms with Crippen molar-refractivity contribution in [2.75, 3.05) is 33.2 Å². The SMILES string of the molecule is C#CCCN1CCC(CNC)C1. The summed E-state index contributed by atoms with van der Waals surface area (Å²) in [4.78, 5) is 2.46. The lowest BCUT2D eigenvalue weighted by atomic mass is 10.1. The summed E-state index contributed by atoms with van der Waals surface area (Å²) in [6.07, 6.45) is 7.43. The van der Waals surface area contributed by atoms with Crippen LogP contribution in [0.3, 0.4) is 0 Å². The van der Waals surface area contributed by atoms with Gasteiger partial charge in [0.2, 0.25) is 0 Å². The Morgan fingerprint density at radius 2 is 2.50 bits per heavy atom. The highest BCUT2D eigenvalue weighted by atomic mass is 15.1. The summed E-state index contributed by atoms with van der Waals surface area (Å²) in [7, 11) is 2.02. The number of rotatable bonds is 4. The molecule has 12 heavy (non-hydrogen) atoms. The summed E-state index contributed by atoms with van der Waals surface area (Å²) in [6, 6.07) is 0. The van der Waals surface area contributed by atoms with E-state index < -0.39 is 0 Å². The standard InChI is InChI=1S/C10H18N2/c1-3-4-6-12-7-5-10(9-12)8-11-2/h1,10-11H,4-9H2,2H3. The van der Waals surface area contributed by atoms with Gasteiger partial charge in [0.15, 0.2) is 0 Å². The highest BCUT2D eigenvalue weighted by molar-refractivity contribution is 4.86. The molecule has 0 aromatic rings. The maximum atomic E-state index is 5.21. The van der Waals surface area contributed by atoms with Gasteiger partial charge in [-0.2, -0.15) is 0 Å². The van der Waals surface area contributed by atoms with Gasteiger partial charge in [0.25, 0.3) is 0 Å². The first-order chi connectivity index (χ1) is 5.86. The van der Waals surface area contributed by atoms with Crippen molar-refractivity contribution in [2.45, 2.75) is 12.8 Å². The smallest absolute Gasteiger partial charge is 0.0214 e. The van der Waals surface area contributed by atoms with E-state index in [0.29, 0.717) is 0 Å². The van der Waals surface area contributed by atoms with E-state index in [2.05, 4.69) is 16.1 Å². The fourth-order valence-electron chi connectivity index (χ4n) is 1.79. The van der Waals surface area contributed by atoms with E-state index >= 15 is 0 Å². The fraction of sp³-hybridized carbons (Fsp3) is 0.800. The van der Waals surface area contributed by atoms with Crippen molar-refractivity contribution in [1.29, 1.82) is 0 Å². The molecule has 0 saturated carbocycles. The van der Waals surface area contributed by atoms with Crippen LogP contribution in [0.25, 0.3) is 0 Å². The maximum Gasteiger partial charge on any atom is 0.0214 e. The zero-order valence-corrected chi connectivity index (χ0v) is 7.84. The average molecular weight is 166 g/mol. The number of nitrogens with zero attached hydrogens (tertiary/aromatic N) is 1. The van der Waals surface area contributed by atoms with Crippen LogP contribution < -0.4 is 5.32 Å². The van der Waals surface area contributed by atoms with Gasteiger partial charge in [0.1, 0.15) is 0 Å². The summed E-state index contributed by atoms with van der Waals surface area (Å²) in [6.45, 7) is 4.68. The van der Waals surface area contributed by atoms with Crippen LogP contribution in [0.4, 0.5) is 0 Å². The van der Waals surface area contributed by atoms with Gasteiger partial charge >= 0.3 is 0 Å². The molecule has 2 nitrogen and oxygen atoms in total. The Balaban J connectivity index is 2.13. The second kappa shape index (κ2) is 5.18. The Labute approximate surface area is 75.3 Å². The molecule has 0 radical (unpaired) electrons. The molecule has 1 aliphatic heterocycles. The lowest BCUT2D eigenvalue weighted by molar-refractivity contribution is 0.331. The molecule has 1 heterocycles. The van der Waals surface area contributed by atoms with Gasteiger partial charge in [-0.3, -0.25) is 0 Å². The van der Waals surface area contributed by atoms with Crippen LogP contribution in [-0.2, 0) is 0 Å². The van der Waals surface area contributed by atoms with Crippen LogP contribution in [-0.4, -0.2) is 38.1 Å². The first-order valence-electron chi connectivity index (χ1n) is 4.67. The first kappa shape index (κ1) is 9.57. The second-order valence-electron chi connectivity index (χ2n) is 3.47. The molecule has 0 bridgehead atoms. The van der Waals surface area contributed by atoms with E-state index in [0.717, 1.165) is 25.4 Å². The van der Waals surface area contributed by atoms with Crippen molar-refractivity contribution >= 4 is 0 Å². The molecule has 1 unspecified atom stereocenters.